The minimum Gasteiger partial charge on any atom is -0.352 e. The number of amides is 1. The Morgan fingerprint density at radius 3 is 2.67 bits per heavy atom. The zero-order valence-corrected chi connectivity index (χ0v) is 12.0. The van der Waals surface area contributed by atoms with Crippen molar-refractivity contribution in [2.75, 3.05) is 6.54 Å². The second kappa shape index (κ2) is 6.74. The predicted molar refractivity (Wildman–Crippen MR) is 77.6 cm³/mol. The maximum atomic E-state index is 11.9. The average molecular weight is 308 g/mol. The fraction of sp³-hybridized carbons (Fsp3) is 0.400. The van der Waals surface area contributed by atoms with E-state index in [1.54, 1.807) is 0 Å². The number of rotatable bonds is 4. The van der Waals surface area contributed by atoms with E-state index in [0.29, 0.717) is 0 Å². The molecule has 2 rings (SSSR count). The summed E-state index contributed by atoms with van der Waals surface area (Å²) in [4.78, 5) is 11.9. The van der Waals surface area contributed by atoms with Crippen LogP contribution < -0.4 is 5.32 Å². The highest BCUT2D eigenvalue weighted by atomic mass is 79.9. The normalized spacial score (nSPS) is 15.1. The van der Waals surface area contributed by atoms with Crippen molar-refractivity contribution in [2.24, 2.45) is 0 Å². The second-order valence-corrected chi connectivity index (χ2v) is 5.54. The van der Waals surface area contributed by atoms with Gasteiger partial charge in [0.1, 0.15) is 0 Å². The number of allylic oxidation sites excluding steroid dienone is 1. The third kappa shape index (κ3) is 3.98. The van der Waals surface area contributed by atoms with Crippen LogP contribution >= 0.6 is 15.9 Å². The Bertz CT molecular complexity index is 436. The summed E-state index contributed by atoms with van der Waals surface area (Å²) in [5, 5.41) is 2.97. The molecule has 0 aromatic heterocycles. The van der Waals surface area contributed by atoms with Gasteiger partial charge in [-0.2, -0.15) is 0 Å². The van der Waals surface area contributed by atoms with E-state index in [-0.39, 0.29) is 5.91 Å². The lowest BCUT2D eigenvalue weighted by Gasteiger charge is -2.12. The Kier molecular flexibility index (Phi) is 5.00. The first-order chi connectivity index (χ1) is 8.75. The van der Waals surface area contributed by atoms with E-state index in [0.717, 1.165) is 23.0 Å². The molecular formula is C15H18BrNO. The van der Waals surface area contributed by atoms with E-state index in [2.05, 4.69) is 27.3 Å². The van der Waals surface area contributed by atoms with Gasteiger partial charge in [0.25, 0.3) is 5.91 Å². The highest BCUT2D eigenvalue weighted by Gasteiger charge is 2.06. The fourth-order valence-electron chi connectivity index (χ4n) is 2.17. The van der Waals surface area contributed by atoms with Crippen LogP contribution in [0.2, 0.25) is 0 Å². The molecule has 0 atom stereocenters. The van der Waals surface area contributed by atoms with Crippen LogP contribution in [0.4, 0.5) is 0 Å². The Morgan fingerprint density at radius 1 is 1.22 bits per heavy atom. The molecule has 0 bridgehead atoms. The number of nitrogens with one attached hydrogen (secondary N) is 1. The van der Waals surface area contributed by atoms with Gasteiger partial charge in [0.15, 0.2) is 0 Å². The van der Waals surface area contributed by atoms with Crippen molar-refractivity contribution < 1.29 is 4.79 Å². The van der Waals surface area contributed by atoms with E-state index in [4.69, 9.17) is 0 Å². The lowest BCUT2D eigenvalue weighted by Crippen LogP contribution is -2.24. The molecule has 0 heterocycles. The maximum absolute atomic E-state index is 11.9. The van der Waals surface area contributed by atoms with Gasteiger partial charge < -0.3 is 5.32 Å². The molecule has 1 aliphatic rings. The summed E-state index contributed by atoms with van der Waals surface area (Å²) in [7, 11) is 0. The summed E-state index contributed by atoms with van der Waals surface area (Å²) in [6, 6.07) is 7.44. The highest BCUT2D eigenvalue weighted by molar-refractivity contribution is 9.10. The highest BCUT2D eigenvalue weighted by Crippen LogP contribution is 2.19. The SMILES string of the molecule is O=C(NCCC1=CCCCC1)c1ccc(Br)cc1. The molecule has 1 aromatic rings. The van der Waals surface area contributed by atoms with Gasteiger partial charge >= 0.3 is 0 Å². The van der Waals surface area contributed by atoms with Crippen molar-refractivity contribution in [1.82, 2.24) is 5.32 Å². The van der Waals surface area contributed by atoms with Gasteiger partial charge in [-0.3, -0.25) is 4.79 Å². The Balaban J connectivity index is 1.78. The van der Waals surface area contributed by atoms with Crippen molar-refractivity contribution in [3.05, 3.63) is 46.0 Å². The summed E-state index contributed by atoms with van der Waals surface area (Å²) in [5.41, 5.74) is 2.22. The molecular weight excluding hydrogens is 290 g/mol. The van der Waals surface area contributed by atoms with Crippen LogP contribution in [-0.2, 0) is 0 Å². The van der Waals surface area contributed by atoms with Gasteiger partial charge in [-0.25, -0.2) is 0 Å². The molecule has 0 saturated carbocycles. The van der Waals surface area contributed by atoms with E-state index in [9.17, 15) is 4.79 Å². The topological polar surface area (TPSA) is 29.1 Å². The zero-order valence-electron chi connectivity index (χ0n) is 10.4. The van der Waals surface area contributed by atoms with E-state index in [1.807, 2.05) is 24.3 Å². The molecule has 96 valence electrons. The fourth-order valence-corrected chi connectivity index (χ4v) is 2.44. The second-order valence-electron chi connectivity index (χ2n) is 4.62. The Morgan fingerprint density at radius 2 is 2.00 bits per heavy atom. The summed E-state index contributed by atoms with van der Waals surface area (Å²) in [6.07, 6.45) is 8.34. The Hall–Kier alpha value is -1.09. The average Bonchev–Trinajstić information content (AvgIpc) is 2.40. The smallest absolute Gasteiger partial charge is 0.251 e. The number of benzene rings is 1. The van der Waals surface area contributed by atoms with Crippen molar-refractivity contribution in [3.63, 3.8) is 0 Å². The zero-order chi connectivity index (χ0) is 12.8. The first-order valence-electron chi connectivity index (χ1n) is 6.47. The summed E-state index contributed by atoms with van der Waals surface area (Å²) >= 11 is 3.36. The first-order valence-corrected chi connectivity index (χ1v) is 7.27. The lowest BCUT2D eigenvalue weighted by atomic mass is 9.97. The molecule has 0 saturated heterocycles. The monoisotopic (exact) mass is 307 g/mol. The largest absolute Gasteiger partial charge is 0.352 e. The Labute approximate surface area is 117 Å². The summed E-state index contributed by atoms with van der Waals surface area (Å²) in [6.45, 7) is 0.737. The molecule has 0 unspecified atom stereocenters. The standard InChI is InChI=1S/C15H18BrNO/c16-14-8-6-13(7-9-14)15(18)17-11-10-12-4-2-1-3-5-12/h4,6-9H,1-3,5,10-11H2,(H,17,18). The molecule has 1 aromatic carbocycles. The molecule has 0 radical (unpaired) electrons. The molecule has 2 nitrogen and oxygen atoms in total. The predicted octanol–water partition coefficient (Wildman–Crippen LogP) is 4.07. The van der Waals surface area contributed by atoms with Gasteiger partial charge in [0, 0.05) is 16.6 Å². The van der Waals surface area contributed by atoms with Gasteiger partial charge in [-0.15, -0.1) is 0 Å². The van der Waals surface area contributed by atoms with E-state index < -0.39 is 0 Å². The van der Waals surface area contributed by atoms with Crippen LogP contribution in [0.3, 0.4) is 0 Å². The van der Waals surface area contributed by atoms with Crippen molar-refractivity contribution in [3.8, 4) is 0 Å². The third-order valence-corrected chi connectivity index (χ3v) is 3.75. The molecule has 0 spiro atoms. The maximum Gasteiger partial charge on any atom is 0.251 e. The van der Waals surface area contributed by atoms with Gasteiger partial charge in [0.2, 0.25) is 0 Å². The molecule has 0 fully saturated rings. The number of carbonyl (C=O) groups is 1. The first kappa shape index (κ1) is 13.3. The van der Waals surface area contributed by atoms with Crippen LogP contribution in [0.15, 0.2) is 40.4 Å². The van der Waals surface area contributed by atoms with Crippen LogP contribution in [0, 0.1) is 0 Å². The third-order valence-electron chi connectivity index (χ3n) is 3.22. The van der Waals surface area contributed by atoms with Gasteiger partial charge in [0.05, 0.1) is 0 Å². The number of hydrogen-bond acceptors (Lipinski definition) is 1. The number of hydrogen-bond donors (Lipinski definition) is 1. The van der Waals surface area contributed by atoms with Crippen LogP contribution in [0.1, 0.15) is 42.5 Å². The van der Waals surface area contributed by atoms with Crippen LogP contribution in [0.5, 0.6) is 0 Å². The van der Waals surface area contributed by atoms with Crippen LogP contribution in [-0.4, -0.2) is 12.5 Å². The van der Waals surface area contributed by atoms with Crippen LogP contribution in [0.25, 0.3) is 0 Å². The van der Waals surface area contributed by atoms with E-state index >= 15 is 0 Å². The van der Waals surface area contributed by atoms with Crippen molar-refractivity contribution in [1.29, 1.82) is 0 Å². The summed E-state index contributed by atoms with van der Waals surface area (Å²) in [5.74, 6) is 0.0129. The minimum atomic E-state index is 0.0129. The number of halogens is 1. The minimum absolute atomic E-state index is 0.0129. The summed E-state index contributed by atoms with van der Waals surface area (Å²) < 4.78 is 0.992. The molecule has 1 amide bonds. The van der Waals surface area contributed by atoms with Crippen molar-refractivity contribution >= 4 is 21.8 Å². The molecule has 0 aliphatic heterocycles. The molecule has 1 N–H and O–H groups in total. The van der Waals surface area contributed by atoms with Gasteiger partial charge in [-0.05, 0) is 56.4 Å². The lowest BCUT2D eigenvalue weighted by molar-refractivity contribution is 0.0954. The molecule has 1 aliphatic carbocycles. The van der Waals surface area contributed by atoms with Gasteiger partial charge in [-0.1, -0.05) is 27.6 Å². The molecule has 3 heteroatoms. The molecule has 18 heavy (non-hydrogen) atoms. The number of carbonyl (C=O) groups excluding carboxylic acids is 1. The van der Waals surface area contributed by atoms with Crippen molar-refractivity contribution in [2.45, 2.75) is 32.1 Å². The quantitative estimate of drug-likeness (QED) is 0.835. The van der Waals surface area contributed by atoms with E-state index in [1.165, 1.54) is 31.3 Å².